The van der Waals surface area contributed by atoms with Crippen LogP contribution >= 0.6 is 0 Å². The predicted octanol–water partition coefficient (Wildman–Crippen LogP) is 5.21. The van der Waals surface area contributed by atoms with Crippen molar-refractivity contribution in [2.45, 2.75) is 37.8 Å². The normalized spacial score (nSPS) is 19.4. The first-order chi connectivity index (χ1) is 13.3. The molecule has 1 aliphatic heterocycles. The third-order valence-corrected chi connectivity index (χ3v) is 5.29. The van der Waals surface area contributed by atoms with Gasteiger partial charge in [-0.25, -0.2) is 4.39 Å². The van der Waals surface area contributed by atoms with Crippen LogP contribution in [-0.2, 0) is 14.3 Å². The number of rotatable bonds is 6. The lowest BCUT2D eigenvalue weighted by Gasteiger charge is -2.26. The van der Waals surface area contributed by atoms with E-state index in [0.717, 1.165) is 11.8 Å². The quantitative estimate of drug-likeness (QED) is 0.285. The zero-order valence-corrected chi connectivity index (χ0v) is 16.3. The molecule has 1 unspecified atom stereocenters. The van der Waals surface area contributed by atoms with Crippen LogP contribution in [0.4, 0.5) is 4.39 Å². The Kier molecular flexibility index (Phi) is 5.88. The molecule has 9 heteroatoms. The van der Waals surface area contributed by atoms with Crippen LogP contribution in [0.25, 0.3) is 10.4 Å². The molecule has 0 saturated heterocycles. The van der Waals surface area contributed by atoms with Gasteiger partial charge in [0.15, 0.2) is 0 Å². The van der Waals surface area contributed by atoms with Gasteiger partial charge in [0.05, 0.1) is 18.4 Å². The zero-order valence-electron chi connectivity index (χ0n) is 15.4. The Labute approximate surface area is 162 Å². The van der Waals surface area contributed by atoms with Crippen molar-refractivity contribution in [2.75, 3.05) is 6.26 Å². The molecule has 0 aromatic heterocycles. The summed E-state index contributed by atoms with van der Waals surface area (Å²) in [6.45, 7) is 1.81. The molecule has 2 aromatic rings. The molecule has 0 spiro atoms. The first kappa shape index (κ1) is 20.1. The van der Waals surface area contributed by atoms with Crippen LogP contribution in [0.15, 0.2) is 47.6 Å². The van der Waals surface area contributed by atoms with Crippen molar-refractivity contribution in [3.8, 4) is 11.5 Å². The summed E-state index contributed by atoms with van der Waals surface area (Å²) in [4.78, 5) is 2.95. The molecular formula is C19H20FN3O4S. The zero-order chi connectivity index (χ0) is 20.3. The number of ether oxygens (including phenoxy) is 1. The molecule has 148 valence electrons. The highest BCUT2D eigenvalue weighted by Crippen LogP contribution is 2.49. The Hall–Kier alpha value is -2.61. The van der Waals surface area contributed by atoms with Crippen LogP contribution in [0.2, 0.25) is 0 Å². The Morgan fingerprint density at radius 1 is 1.25 bits per heavy atom. The van der Waals surface area contributed by atoms with Crippen molar-refractivity contribution < 1.29 is 21.7 Å². The lowest BCUT2D eigenvalue weighted by Crippen LogP contribution is -2.22. The molecule has 0 bridgehead atoms. The van der Waals surface area contributed by atoms with Gasteiger partial charge in [-0.05, 0) is 48.2 Å². The molecule has 28 heavy (non-hydrogen) atoms. The van der Waals surface area contributed by atoms with Crippen molar-refractivity contribution in [3.05, 3.63) is 69.9 Å². The van der Waals surface area contributed by atoms with E-state index in [1.807, 2.05) is 19.1 Å². The average Bonchev–Trinajstić information content (AvgIpc) is 2.76. The maximum absolute atomic E-state index is 14.0. The lowest BCUT2D eigenvalue weighted by molar-refractivity contribution is 0.180. The highest BCUT2D eigenvalue weighted by atomic mass is 32.2. The summed E-state index contributed by atoms with van der Waals surface area (Å²) in [7, 11) is -3.66. The van der Waals surface area contributed by atoms with Crippen molar-refractivity contribution in [2.24, 2.45) is 5.11 Å². The third kappa shape index (κ3) is 4.44. The van der Waals surface area contributed by atoms with Crippen LogP contribution in [0, 0.1) is 5.82 Å². The topological polar surface area (TPSA) is 101 Å². The van der Waals surface area contributed by atoms with Crippen molar-refractivity contribution in [1.29, 1.82) is 0 Å². The molecule has 0 amide bonds. The molecule has 1 heterocycles. The third-order valence-electron chi connectivity index (χ3n) is 4.67. The summed E-state index contributed by atoms with van der Waals surface area (Å²) >= 11 is 0. The van der Waals surface area contributed by atoms with Gasteiger partial charge in [-0.3, -0.25) is 4.18 Å². The van der Waals surface area contributed by atoms with Gasteiger partial charge in [0.25, 0.3) is 10.1 Å². The number of benzene rings is 2. The van der Waals surface area contributed by atoms with E-state index in [1.54, 1.807) is 12.1 Å². The number of hydrogen-bond donors (Lipinski definition) is 0. The molecule has 0 fully saturated rings. The molecular weight excluding hydrogens is 385 g/mol. The monoisotopic (exact) mass is 405 g/mol. The number of hydrogen-bond acceptors (Lipinski definition) is 5. The second-order valence-electron chi connectivity index (χ2n) is 6.64. The smallest absolute Gasteiger partial charge is 0.264 e. The van der Waals surface area contributed by atoms with Gasteiger partial charge in [-0.15, -0.1) is 0 Å². The van der Waals surface area contributed by atoms with Gasteiger partial charge in [-0.2, -0.15) is 8.42 Å². The summed E-state index contributed by atoms with van der Waals surface area (Å²) in [5.41, 5.74) is 10.3. The number of azide groups is 1. The van der Waals surface area contributed by atoms with E-state index in [9.17, 15) is 12.8 Å². The maximum Gasteiger partial charge on any atom is 0.264 e. The van der Waals surface area contributed by atoms with Gasteiger partial charge in [0.2, 0.25) is 0 Å². The molecule has 0 saturated carbocycles. The van der Waals surface area contributed by atoms with Crippen LogP contribution < -0.4 is 4.74 Å². The van der Waals surface area contributed by atoms with Gasteiger partial charge < -0.3 is 4.74 Å². The standard InChI is InChI=1S/C19H20FN3O4S/c1-3-13(27-28(2,24)25)11-15-14-6-4-5-7-17(14)26-18-9-8-12(20)10-16(18)19(15)22-23-21/h4-10,13,15,19H,3,11H2,1-2H3/t13?,15-,19+/m1/s1. The van der Waals surface area contributed by atoms with Crippen LogP contribution in [0.1, 0.15) is 42.9 Å². The fourth-order valence-corrected chi connectivity index (χ4v) is 4.20. The highest BCUT2D eigenvalue weighted by Gasteiger charge is 2.34. The van der Waals surface area contributed by atoms with E-state index in [1.165, 1.54) is 18.2 Å². The molecule has 0 radical (unpaired) electrons. The Bertz CT molecular complexity index is 1020. The fourth-order valence-electron chi connectivity index (χ4n) is 3.49. The van der Waals surface area contributed by atoms with Crippen molar-refractivity contribution >= 4 is 10.1 Å². The van der Waals surface area contributed by atoms with Crippen LogP contribution in [0.3, 0.4) is 0 Å². The number of nitrogens with zero attached hydrogens (tertiary/aromatic N) is 3. The van der Waals surface area contributed by atoms with Crippen LogP contribution in [0.5, 0.6) is 11.5 Å². The van der Waals surface area contributed by atoms with Crippen LogP contribution in [-0.4, -0.2) is 20.8 Å². The average molecular weight is 405 g/mol. The molecule has 2 aromatic carbocycles. The molecule has 1 aliphatic rings. The van der Waals surface area contributed by atoms with Gasteiger partial charge in [0.1, 0.15) is 17.3 Å². The summed E-state index contributed by atoms with van der Waals surface area (Å²) in [6, 6.07) is 10.5. The molecule has 7 nitrogen and oxygen atoms in total. The molecule has 0 N–H and O–H groups in total. The van der Waals surface area contributed by atoms with Crippen molar-refractivity contribution in [1.82, 2.24) is 0 Å². The van der Waals surface area contributed by atoms with E-state index in [2.05, 4.69) is 10.0 Å². The largest absolute Gasteiger partial charge is 0.457 e. The Balaban J connectivity index is 2.14. The predicted molar refractivity (Wildman–Crippen MR) is 102 cm³/mol. The number of para-hydroxylation sites is 1. The minimum absolute atomic E-state index is 0.254. The van der Waals surface area contributed by atoms with E-state index in [0.29, 0.717) is 23.5 Å². The lowest BCUT2D eigenvalue weighted by atomic mass is 9.83. The highest BCUT2D eigenvalue weighted by molar-refractivity contribution is 7.86. The summed E-state index contributed by atoms with van der Waals surface area (Å²) in [5.74, 6) is 0.00232. The molecule has 3 rings (SSSR count). The first-order valence-corrected chi connectivity index (χ1v) is 10.6. The van der Waals surface area contributed by atoms with Gasteiger partial charge >= 0.3 is 0 Å². The minimum atomic E-state index is -3.66. The van der Waals surface area contributed by atoms with Gasteiger partial charge in [-0.1, -0.05) is 30.2 Å². The van der Waals surface area contributed by atoms with Gasteiger partial charge in [0, 0.05) is 16.4 Å². The Morgan fingerprint density at radius 2 is 1.96 bits per heavy atom. The maximum atomic E-state index is 14.0. The molecule has 3 atom stereocenters. The SMILES string of the molecule is CCC(C[C@@H]1c2ccccc2Oc2ccc(F)cc2[C@H]1N=[N+]=[N-])OS(C)(=O)=O. The number of halogens is 1. The van der Waals surface area contributed by atoms with E-state index in [4.69, 9.17) is 14.5 Å². The first-order valence-electron chi connectivity index (χ1n) is 8.81. The molecule has 0 aliphatic carbocycles. The summed E-state index contributed by atoms with van der Waals surface area (Å²) in [5, 5.41) is 3.92. The summed E-state index contributed by atoms with van der Waals surface area (Å²) < 4.78 is 48.4. The van der Waals surface area contributed by atoms with E-state index < -0.39 is 34.0 Å². The second kappa shape index (κ2) is 8.18. The van der Waals surface area contributed by atoms with Crippen molar-refractivity contribution in [3.63, 3.8) is 0 Å². The Morgan fingerprint density at radius 3 is 2.64 bits per heavy atom. The number of fused-ring (bicyclic) bond motifs is 2. The minimum Gasteiger partial charge on any atom is -0.457 e. The second-order valence-corrected chi connectivity index (χ2v) is 8.25. The fraction of sp³-hybridized carbons (Fsp3) is 0.368. The summed E-state index contributed by atoms with van der Waals surface area (Å²) in [6.07, 6.45) is 1.06. The van der Waals surface area contributed by atoms with E-state index >= 15 is 0 Å². The van der Waals surface area contributed by atoms with E-state index in [-0.39, 0.29) is 6.42 Å².